The molecular formula is C14H10N2O2. The average Bonchev–Trinajstić information content (AvgIpc) is 2.86. The van der Waals surface area contributed by atoms with Gasteiger partial charge in [-0.15, -0.1) is 0 Å². The first kappa shape index (κ1) is 10.8. The summed E-state index contributed by atoms with van der Waals surface area (Å²) in [6.45, 7) is 3.99. The molecule has 2 heterocycles. The van der Waals surface area contributed by atoms with Crippen LogP contribution < -0.4 is 11.1 Å². The molecule has 3 rings (SSSR count). The minimum Gasteiger partial charge on any atom is -0.267 e. The number of rotatable bonds is 1. The van der Waals surface area contributed by atoms with E-state index in [2.05, 4.69) is 9.97 Å². The zero-order chi connectivity index (χ0) is 12.9. The van der Waals surface area contributed by atoms with E-state index < -0.39 is 0 Å². The first-order valence-corrected chi connectivity index (χ1v) is 5.61. The molecule has 88 valence electrons. The summed E-state index contributed by atoms with van der Waals surface area (Å²) in [4.78, 5) is 30.9. The van der Waals surface area contributed by atoms with Crippen LogP contribution in [0.3, 0.4) is 0 Å². The maximum atomic E-state index is 11.6. The fourth-order valence-electron chi connectivity index (χ4n) is 2.07. The summed E-state index contributed by atoms with van der Waals surface area (Å²) < 4.78 is 0. The van der Waals surface area contributed by atoms with Gasteiger partial charge in [-0.2, -0.15) is 0 Å². The Kier molecular flexibility index (Phi) is 2.13. The predicted octanol–water partition coefficient (Wildman–Crippen LogP) is 1.08. The van der Waals surface area contributed by atoms with Crippen LogP contribution in [0, 0.1) is 24.3 Å². The molecule has 0 aromatic heterocycles. The van der Waals surface area contributed by atoms with Gasteiger partial charge in [0.25, 0.3) is 11.1 Å². The molecular weight excluding hydrogens is 228 g/mol. The number of aryl methyl sites for hydroxylation is 2. The van der Waals surface area contributed by atoms with Crippen LogP contribution in [0.1, 0.15) is 11.1 Å². The molecule has 1 aromatic rings. The zero-order valence-electron chi connectivity index (χ0n) is 10.0. The lowest BCUT2D eigenvalue weighted by Crippen LogP contribution is -2.02. The van der Waals surface area contributed by atoms with E-state index >= 15 is 0 Å². The molecule has 0 aliphatic carbocycles. The molecule has 0 fully saturated rings. The van der Waals surface area contributed by atoms with Crippen molar-refractivity contribution >= 4 is 0 Å². The van der Waals surface area contributed by atoms with Crippen molar-refractivity contribution in [1.29, 1.82) is 0 Å². The molecule has 0 atom stereocenters. The summed E-state index contributed by atoms with van der Waals surface area (Å²) in [5.74, 6) is 0. The third-order valence-corrected chi connectivity index (χ3v) is 3.26. The third-order valence-electron chi connectivity index (χ3n) is 3.26. The van der Waals surface area contributed by atoms with E-state index in [-0.39, 0.29) is 11.1 Å². The Balaban J connectivity index is 2.41. The smallest absolute Gasteiger partial charge is 0.267 e. The molecule has 0 amide bonds. The van der Waals surface area contributed by atoms with Crippen LogP contribution in [0.5, 0.6) is 0 Å². The van der Waals surface area contributed by atoms with Crippen LogP contribution in [-0.4, -0.2) is 9.97 Å². The van der Waals surface area contributed by atoms with E-state index in [9.17, 15) is 9.59 Å². The normalized spacial score (nSPS) is 11.2. The van der Waals surface area contributed by atoms with Gasteiger partial charge in [0.05, 0.1) is 16.1 Å². The van der Waals surface area contributed by atoms with Crippen molar-refractivity contribution in [1.82, 2.24) is 9.97 Å². The molecule has 2 aliphatic heterocycles. The van der Waals surface area contributed by atoms with Gasteiger partial charge in [0.1, 0.15) is 0 Å². The highest BCUT2D eigenvalue weighted by Gasteiger charge is 2.13. The Labute approximate surface area is 102 Å². The Bertz CT molecular complexity index is 887. The summed E-state index contributed by atoms with van der Waals surface area (Å²) in [5, 5.41) is 0.650. The van der Waals surface area contributed by atoms with Gasteiger partial charge in [0.15, 0.2) is 0 Å². The van der Waals surface area contributed by atoms with Crippen LogP contribution in [0.25, 0.3) is 11.3 Å². The molecule has 0 spiro atoms. The van der Waals surface area contributed by atoms with Crippen LogP contribution in [-0.2, 0) is 0 Å². The highest BCUT2D eigenvalue weighted by Crippen LogP contribution is 2.20. The zero-order valence-corrected chi connectivity index (χ0v) is 10.0. The Morgan fingerprint density at radius 3 is 2.50 bits per heavy atom. The molecule has 0 saturated heterocycles. The summed E-state index contributed by atoms with van der Waals surface area (Å²) in [6.07, 6.45) is 1.30. The molecule has 0 unspecified atom stereocenters. The second-order valence-electron chi connectivity index (χ2n) is 4.42. The molecule has 1 aromatic carbocycles. The van der Waals surface area contributed by atoms with Crippen LogP contribution in [0.2, 0.25) is 0 Å². The van der Waals surface area contributed by atoms with Crippen LogP contribution >= 0.6 is 0 Å². The fourth-order valence-corrected chi connectivity index (χ4v) is 2.07. The van der Waals surface area contributed by atoms with Gasteiger partial charge >= 0.3 is 0 Å². The Morgan fingerprint density at radius 2 is 1.78 bits per heavy atom. The first-order valence-electron chi connectivity index (χ1n) is 5.61. The average molecular weight is 238 g/mol. The van der Waals surface area contributed by atoms with Crippen LogP contribution in [0.15, 0.2) is 34.0 Å². The standard InChI is InChI=1S/C14H10N2O2/c1-7-3-4-9(5-8(7)2)12-11-10(13(17)16-12)6-15-14(11)18/h3-6H,1-2H3. The quantitative estimate of drug-likeness (QED) is 0.636. The fraction of sp³-hybridized carbons (Fsp3) is 0.143. The molecule has 0 N–H and O–H groups in total. The third kappa shape index (κ3) is 1.39. The second kappa shape index (κ2) is 3.57. The van der Waals surface area contributed by atoms with Gasteiger partial charge in [0.2, 0.25) is 0 Å². The van der Waals surface area contributed by atoms with Crippen molar-refractivity contribution < 1.29 is 0 Å². The number of hydrogen-bond acceptors (Lipinski definition) is 4. The maximum absolute atomic E-state index is 11.6. The summed E-state index contributed by atoms with van der Waals surface area (Å²) in [6, 6.07) is 5.76. The van der Waals surface area contributed by atoms with Crippen molar-refractivity contribution in [2.45, 2.75) is 13.8 Å². The minimum atomic E-state index is -0.382. The highest BCUT2D eigenvalue weighted by atomic mass is 16.1. The number of aromatic nitrogens is 2. The summed E-state index contributed by atoms with van der Waals surface area (Å²) >= 11 is 0. The largest absolute Gasteiger partial charge is 0.280 e. The van der Waals surface area contributed by atoms with Crippen molar-refractivity contribution in [3.63, 3.8) is 0 Å². The van der Waals surface area contributed by atoms with E-state index in [4.69, 9.17) is 0 Å². The Morgan fingerprint density at radius 1 is 1.00 bits per heavy atom. The number of benzene rings is 1. The molecule has 4 heteroatoms. The van der Waals surface area contributed by atoms with Crippen LogP contribution in [0.4, 0.5) is 0 Å². The van der Waals surface area contributed by atoms with Gasteiger partial charge in [-0.05, 0) is 31.0 Å². The van der Waals surface area contributed by atoms with Gasteiger partial charge < -0.3 is 0 Å². The highest BCUT2D eigenvalue weighted by molar-refractivity contribution is 5.62. The van der Waals surface area contributed by atoms with Crippen molar-refractivity contribution in [3.8, 4) is 11.3 Å². The van der Waals surface area contributed by atoms with Gasteiger partial charge in [-0.25, -0.2) is 9.97 Å². The second-order valence-corrected chi connectivity index (χ2v) is 4.42. The van der Waals surface area contributed by atoms with E-state index in [1.165, 1.54) is 6.20 Å². The van der Waals surface area contributed by atoms with Crippen molar-refractivity contribution in [2.24, 2.45) is 0 Å². The summed E-state index contributed by atoms with van der Waals surface area (Å²) in [7, 11) is 0. The lowest BCUT2D eigenvalue weighted by molar-refractivity contribution is 1.22. The van der Waals surface area contributed by atoms with E-state index in [1.807, 2.05) is 32.0 Å². The van der Waals surface area contributed by atoms with E-state index in [0.717, 1.165) is 16.7 Å². The monoisotopic (exact) mass is 238 g/mol. The molecule has 2 aliphatic rings. The number of hydrogen-bond donors (Lipinski definition) is 0. The minimum absolute atomic E-state index is 0.313. The molecule has 0 radical (unpaired) electrons. The maximum Gasteiger partial charge on any atom is 0.280 e. The predicted molar refractivity (Wildman–Crippen MR) is 67.2 cm³/mol. The molecule has 0 saturated carbocycles. The van der Waals surface area contributed by atoms with Crippen molar-refractivity contribution in [3.05, 3.63) is 66.7 Å². The SMILES string of the molecule is Cc1ccc(-c2nc(=O)c3cnc(=O)c2=3)cc1C. The topological polar surface area (TPSA) is 59.9 Å². The Hall–Kier alpha value is -2.36. The lowest BCUT2D eigenvalue weighted by atomic mass is 10.0. The van der Waals surface area contributed by atoms with Crippen molar-refractivity contribution in [2.75, 3.05) is 0 Å². The summed E-state index contributed by atoms with van der Waals surface area (Å²) in [5.41, 5.74) is 2.73. The lowest BCUT2D eigenvalue weighted by Gasteiger charge is -2.02. The molecule has 4 nitrogen and oxygen atoms in total. The van der Waals surface area contributed by atoms with Gasteiger partial charge in [-0.3, -0.25) is 9.59 Å². The van der Waals surface area contributed by atoms with E-state index in [1.54, 1.807) is 0 Å². The van der Waals surface area contributed by atoms with Gasteiger partial charge in [0, 0.05) is 11.8 Å². The molecule has 18 heavy (non-hydrogen) atoms. The van der Waals surface area contributed by atoms with Gasteiger partial charge in [-0.1, -0.05) is 12.1 Å². The first-order chi connectivity index (χ1) is 8.58. The van der Waals surface area contributed by atoms with E-state index in [0.29, 0.717) is 16.1 Å². The molecule has 0 bridgehead atoms. The number of nitrogens with zero attached hydrogens (tertiary/aromatic N) is 2.